The van der Waals surface area contributed by atoms with Gasteiger partial charge in [-0.05, 0) is 43.7 Å². The lowest BCUT2D eigenvalue weighted by Crippen LogP contribution is -2.45. The minimum absolute atomic E-state index is 0.0608. The zero-order valence-corrected chi connectivity index (χ0v) is 14.8. The summed E-state index contributed by atoms with van der Waals surface area (Å²) in [5, 5.41) is 12.3. The van der Waals surface area contributed by atoms with Gasteiger partial charge in [0.25, 0.3) is 0 Å². The van der Waals surface area contributed by atoms with Gasteiger partial charge in [-0.25, -0.2) is 9.78 Å². The zero-order valence-electron chi connectivity index (χ0n) is 14.8. The Morgan fingerprint density at radius 2 is 1.92 bits per heavy atom. The molecule has 4 rings (SSSR count). The van der Waals surface area contributed by atoms with Gasteiger partial charge in [0.15, 0.2) is 0 Å². The van der Waals surface area contributed by atoms with E-state index in [1.807, 2.05) is 0 Å². The van der Waals surface area contributed by atoms with Crippen molar-refractivity contribution in [1.82, 2.24) is 10.3 Å². The van der Waals surface area contributed by atoms with Gasteiger partial charge < -0.3 is 20.1 Å². The van der Waals surface area contributed by atoms with Crippen LogP contribution in [0, 0.1) is 17.8 Å². The highest BCUT2D eigenvalue weighted by Crippen LogP contribution is 2.42. The molecule has 140 valence electrons. The van der Waals surface area contributed by atoms with Crippen molar-refractivity contribution in [2.24, 2.45) is 17.8 Å². The van der Waals surface area contributed by atoms with Gasteiger partial charge in [-0.2, -0.15) is 0 Å². The molecule has 7 heteroatoms. The Balaban J connectivity index is 1.43. The summed E-state index contributed by atoms with van der Waals surface area (Å²) in [5.74, 6) is 1.15. The molecule has 3 fully saturated rings. The van der Waals surface area contributed by atoms with E-state index in [1.54, 1.807) is 12.1 Å². The van der Waals surface area contributed by atoms with E-state index in [0.717, 1.165) is 31.7 Å². The number of rotatable bonds is 5. The molecular weight excluding hydrogens is 334 g/mol. The molecule has 1 aliphatic carbocycles. The van der Waals surface area contributed by atoms with E-state index >= 15 is 0 Å². The van der Waals surface area contributed by atoms with Crippen LogP contribution in [0.25, 0.3) is 0 Å². The van der Waals surface area contributed by atoms with Crippen molar-refractivity contribution in [3.63, 3.8) is 0 Å². The largest absolute Gasteiger partial charge is 0.478 e. The summed E-state index contributed by atoms with van der Waals surface area (Å²) in [5.41, 5.74) is 0.191. The number of amides is 1. The monoisotopic (exact) mass is 359 g/mol. The van der Waals surface area contributed by atoms with Gasteiger partial charge in [0.2, 0.25) is 5.91 Å². The Morgan fingerprint density at radius 3 is 2.54 bits per heavy atom. The van der Waals surface area contributed by atoms with Crippen LogP contribution in [0.5, 0.6) is 0 Å². The van der Waals surface area contributed by atoms with E-state index in [9.17, 15) is 9.59 Å². The number of hydrogen-bond acceptors (Lipinski definition) is 5. The number of carboxylic acid groups (broad SMARTS) is 1. The topological polar surface area (TPSA) is 91.8 Å². The van der Waals surface area contributed by atoms with Crippen LogP contribution < -0.4 is 10.2 Å². The molecule has 1 aromatic heterocycles. The van der Waals surface area contributed by atoms with E-state index in [2.05, 4.69) is 15.2 Å². The van der Waals surface area contributed by atoms with Crippen molar-refractivity contribution in [2.45, 2.75) is 31.7 Å². The lowest BCUT2D eigenvalue weighted by molar-refractivity contribution is -0.128. The zero-order chi connectivity index (χ0) is 18.1. The van der Waals surface area contributed by atoms with Crippen molar-refractivity contribution < 1.29 is 19.4 Å². The SMILES string of the molecule is O=C(O)c1ccc(N2C[C@@H](NC(=O)C3CCOCC3)[C@H](C3CC3)C2)nc1. The molecule has 0 unspecified atom stereocenters. The van der Waals surface area contributed by atoms with Crippen molar-refractivity contribution >= 4 is 17.7 Å². The van der Waals surface area contributed by atoms with Crippen LogP contribution in [-0.2, 0) is 9.53 Å². The van der Waals surface area contributed by atoms with Crippen LogP contribution in [0.15, 0.2) is 18.3 Å². The second-order valence-corrected chi connectivity index (χ2v) is 7.62. The Labute approximate surface area is 152 Å². The van der Waals surface area contributed by atoms with Crippen LogP contribution >= 0.6 is 0 Å². The summed E-state index contributed by atoms with van der Waals surface area (Å²) in [6.45, 7) is 2.93. The van der Waals surface area contributed by atoms with Crippen LogP contribution in [0.1, 0.15) is 36.0 Å². The van der Waals surface area contributed by atoms with E-state index in [-0.39, 0.29) is 23.4 Å². The second kappa shape index (κ2) is 7.23. The molecule has 0 aromatic carbocycles. The summed E-state index contributed by atoms with van der Waals surface area (Å²) in [6, 6.07) is 3.49. The number of pyridine rings is 1. The number of carbonyl (C=O) groups excluding carboxylic acids is 1. The maximum absolute atomic E-state index is 12.6. The fourth-order valence-corrected chi connectivity index (χ4v) is 4.13. The van der Waals surface area contributed by atoms with Crippen LogP contribution in [-0.4, -0.2) is 54.3 Å². The number of carbonyl (C=O) groups is 2. The predicted octanol–water partition coefficient (Wildman–Crippen LogP) is 1.54. The number of aromatic carboxylic acids is 1. The van der Waals surface area contributed by atoms with Gasteiger partial charge in [0.1, 0.15) is 5.82 Å². The highest BCUT2D eigenvalue weighted by Gasteiger charge is 2.44. The molecule has 0 bridgehead atoms. The summed E-state index contributed by atoms with van der Waals surface area (Å²) < 4.78 is 5.35. The standard InChI is InChI=1S/C19H25N3O4/c23-18(13-5-7-26-8-6-13)21-16-11-22(10-15(16)12-1-2-12)17-4-3-14(9-20-17)19(24)25/h3-4,9,12-13,15-16H,1-2,5-8,10-11H2,(H,21,23)(H,24,25)/t15-,16+/m0/s1. The van der Waals surface area contributed by atoms with Crippen molar-refractivity contribution in [2.75, 3.05) is 31.2 Å². The van der Waals surface area contributed by atoms with Crippen LogP contribution in [0.3, 0.4) is 0 Å². The van der Waals surface area contributed by atoms with Gasteiger partial charge in [-0.15, -0.1) is 0 Å². The normalized spacial score (nSPS) is 26.7. The molecule has 26 heavy (non-hydrogen) atoms. The first kappa shape index (κ1) is 17.3. The van der Waals surface area contributed by atoms with Crippen molar-refractivity contribution in [1.29, 1.82) is 0 Å². The molecule has 2 N–H and O–H groups in total. The third kappa shape index (κ3) is 3.67. The molecule has 7 nitrogen and oxygen atoms in total. The number of nitrogens with zero attached hydrogens (tertiary/aromatic N) is 2. The fraction of sp³-hybridized carbons (Fsp3) is 0.632. The number of aromatic nitrogens is 1. The average molecular weight is 359 g/mol. The van der Waals surface area contributed by atoms with E-state index in [0.29, 0.717) is 25.0 Å². The van der Waals surface area contributed by atoms with Gasteiger partial charge >= 0.3 is 5.97 Å². The quantitative estimate of drug-likeness (QED) is 0.829. The summed E-state index contributed by atoms with van der Waals surface area (Å²) in [6.07, 6.45) is 5.46. The van der Waals surface area contributed by atoms with Crippen molar-refractivity contribution in [3.05, 3.63) is 23.9 Å². The second-order valence-electron chi connectivity index (χ2n) is 7.62. The molecule has 0 radical (unpaired) electrons. The third-order valence-corrected chi connectivity index (χ3v) is 5.83. The first-order valence-electron chi connectivity index (χ1n) is 9.44. The Bertz CT molecular complexity index is 668. The Morgan fingerprint density at radius 1 is 1.15 bits per heavy atom. The Kier molecular flexibility index (Phi) is 4.80. The first-order chi connectivity index (χ1) is 12.6. The number of nitrogens with one attached hydrogen (secondary N) is 1. The summed E-state index contributed by atoms with van der Waals surface area (Å²) in [4.78, 5) is 30.1. The average Bonchev–Trinajstić information content (AvgIpc) is 3.43. The number of anilines is 1. The third-order valence-electron chi connectivity index (χ3n) is 5.83. The summed E-state index contributed by atoms with van der Waals surface area (Å²) >= 11 is 0. The molecule has 2 atom stereocenters. The molecule has 1 amide bonds. The lowest BCUT2D eigenvalue weighted by atomic mass is 9.95. The molecule has 1 aromatic rings. The van der Waals surface area contributed by atoms with E-state index in [4.69, 9.17) is 9.84 Å². The molecule has 2 aliphatic heterocycles. The van der Waals surface area contributed by atoms with Crippen LogP contribution in [0.4, 0.5) is 5.82 Å². The number of ether oxygens (including phenoxy) is 1. The van der Waals surface area contributed by atoms with Crippen molar-refractivity contribution in [3.8, 4) is 0 Å². The fourth-order valence-electron chi connectivity index (χ4n) is 4.13. The molecule has 2 saturated heterocycles. The molecule has 0 spiro atoms. The number of hydrogen-bond donors (Lipinski definition) is 2. The first-order valence-corrected chi connectivity index (χ1v) is 9.44. The molecular formula is C19H25N3O4. The van der Waals surface area contributed by atoms with Gasteiger partial charge in [-0.1, -0.05) is 0 Å². The lowest BCUT2D eigenvalue weighted by Gasteiger charge is -2.25. The highest BCUT2D eigenvalue weighted by molar-refractivity contribution is 5.87. The maximum atomic E-state index is 12.6. The van der Waals surface area contributed by atoms with E-state index < -0.39 is 5.97 Å². The smallest absolute Gasteiger partial charge is 0.337 e. The highest BCUT2D eigenvalue weighted by atomic mass is 16.5. The maximum Gasteiger partial charge on any atom is 0.337 e. The Hall–Kier alpha value is -2.15. The van der Waals surface area contributed by atoms with Crippen LogP contribution in [0.2, 0.25) is 0 Å². The predicted molar refractivity (Wildman–Crippen MR) is 95.1 cm³/mol. The molecule has 1 saturated carbocycles. The number of carboxylic acids is 1. The van der Waals surface area contributed by atoms with E-state index in [1.165, 1.54) is 19.0 Å². The van der Waals surface area contributed by atoms with Gasteiger partial charge in [-0.3, -0.25) is 4.79 Å². The minimum atomic E-state index is -0.970. The van der Waals surface area contributed by atoms with Gasteiger partial charge in [0, 0.05) is 44.3 Å². The minimum Gasteiger partial charge on any atom is -0.478 e. The molecule has 3 aliphatic rings. The van der Waals surface area contributed by atoms with Gasteiger partial charge in [0.05, 0.1) is 11.6 Å². The summed E-state index contributed by atoms with van der Waals surface area (Å²) in [7, 11) is 0. The molecule has 3 heterocycles.